The van der Waals surface area contributed by atoms with Crippen LogP contribution < -0.4 is 16.3 Å². The highest BCUT2D eigenvalue weighted by Gasteiger charge is 2.40. The third kappa shape index (κ3) is 2.78. The summed E-state index contributed by atoms with van der Waals surface area (Å²) in [7, 11) is 0. The third-order valence-corrected chi connectivity index (χ3v) is 6.08. The van der Waals surface area contributed by atoms with Crippen molar-refractivity contribution >= 4 is 41.1 Å². The second kappa shape index (κ2) is 7.10. The van der Waals surface area contributed by atoms with Crippen LogP contribution >= 0.6 is 12.3 Å². The Bertz CT molecular complexity index is 1360. The van der Waals surface area contributed by atoms with Crippen LogP contribution in [-0.2, 0) is 13.4 Å². The topological polar surface area (TPSA) is 93.9 Å². The van der Waals surface area contributed by atoms with Crippen LogP contribution in [0.2, 0.25) is 0 Å². The quantitative estimate of drug-likeness (QED) is 0.593. The number of amides is 1. The molecule has 3 N–H and O–H groups in total. The average Bonchev–Trinajstić information content (AvgIpc) is 3.14. The number of rotatable bonds is 3. The van der Waals surface area contributed by atoms with Crippen LogP contribution in [0.1, 0.15) is 21.5 Å². The van der Waals surface area contributed by atoms with Crippen LogP contribution in [0.4, 0.5) is 5.69 Å². The molecular formula is C24H15N3O4S. The molecule has 0 aromatic heterocycles. The first kappa shape index (κ1) is 18.9. The molecule has 3 aliphatic rings. The van der Waals surface area contributed by atoms with E-state index < -0.39 is 0 Å². The van der Waals surface area contributed by atoms with Crippen molar-refractivity contribution in [3.05, 3.63) is 101 Å². The Morgan fingerprint density at radius 3 is 2.19 bits per heavy atom. The highest BCUT2D eigenvalue weighted by atomic mass is 32.2. The van der Waals surface area contributed by atoms with Crippen molar-refractivity contribution in [2.24, 2.45) is 5.73 Å². The summed E-state index contributed by atoms with van der Waals surface area (Å²) in [5.41, 5.74) is 12.0. The highest BCUT2D eigenvalue weighted by molar-refractivity contribution is 7.90. The lowest BCUT2D eigenvalue weighted by Crippen LogP contribution is -2.26. The van der Waals surface area contributed by atoms with Crippen LogP contribution in [0.3, 0.4) is 0 Å². The minimum Gasteiger partial charge on any atom is -0.398 e. The van der Waals surface area contributed by atoms with Gasteiger partial charge in [0.15, 0.2) is 5.78 Å². The highest BCUT2D eigenvalue weighted by Crippen LogP contribution is 2.41. The molecule has 0 bridgehead atoms. The zero-order valence-electron chi connectivity index (χ0n) is 16.5. The van der Waals surface area contributed by atoms with E-state index in [-0.39, 0.29) is 17.3 Å². The molecular weight excluding hydrogens is 426 g/mol. The van der Waals surface area contributed by atoms with Gasteiger partial charge in [0.1, 0.15) is 0 Å². The van der Waals surface area contributed by atoms with Gasteiger partial charge in [0.25, 0.3) is 5.91 Å². The second-order valence-electron chi connectivity index (χ2n) is 7.47. The van der Waals surface area contributed by atoms with E-state index in [9.17, 15) is 9.59 Å². The molecule has 0 atom stereocenters. The fourth-order valence-corrected chi connectivity index (χ4v) is 4.41. The van der Waals surface area contributed by atoms with Gasteiger partial charge in [-0.1, -0.05) is 59.8 Å². The zero-order chi connectivity index (χ0) is 21.8. The number of Topliss-reactive ketones (excluding diaryl/α,β-unsaturated/α-hetero) is 1. The van der Waals surface area contributed by atoms with Crippen molar-refractivity contribution in [1.29, 1.82) is 0 Å². The van der Waals surface area contributed by atoms with Gasteiger partial charge in [0.05, 0.1) is 28.2 Å². The van der Waals surface area contributed by atoms with Crippen LogP contribution in [0, 0.1) is 0 Å². The maximum atomic E-state index is 13.6. The van der Waals surface area contributed by atoms with Crippen molar-refractivity contribution in [2.75, 3.05) is 5.23 Å². The van der Waals surface area contributed by atoms with Crippen LogP contribution in [-0.4, -0.2) is 11.7 Å². The lowest BCUT2D eigenvalue weighted by molar-refractivity contribution is -0.115. The van der Waals surface area contributed by atoms with E-state index in [1.54, 1.807) is 30.3 Å². The molecule has 32 heavy (non-hydrogen) atoms. The molecule has 1 fully saturated rings. The number of carbonyl (C=O) groups is 2. The fraction of sp³-hybridized carbons (Fsp3) is 0. The second-order valence-corrected chi connectivity index (χ2v) is 7.90. The van der Waals surface area contributed by atoms with E-state index >= 15 is 0 Å². The number of nitrogens with one attached hydrogen (secondary N) is 1. The van der Waals surface area contributed by atoms with Gasteiger partial charge < -0.3 is 11.1 Å². The number of hydrogen-bond donors (Lipinski definition) is 2. The number of ketones is 1. The minimum atomic E-state index is -0.381. The van der Waals surface area contributed by atoms with Gasteiger partial charge in [-0.05, 0) is 34.9 Å². The van der Waals surface area contributed by atoms with Crippen molar-refractivity contribution in [3.8, 4) is 11.1 Å². The summed E-state index contributed by atoms with van der Waals surface area (Å²) in [6.07, 6.45) is 0. The van der Waals surface area contributed by atoms with Crippen LogP contribution in [0.5, 0.6) is 0 Å². The predicted molar refractivity (Wildman–Crippen MR) is 121 cm³/mol. The Hall–Kier alpha value is -3.85. The Morgan fingerprint density at radius 1 is 0.781 bits per heavy atom. The number of nitrogens with zero attached hydrogens (tertiary/aromatic N) is 1. The van der Waals surface area contributed by atoms with E-state index in [1.165, 1.54) is 5.23 Å². The molecule has 0 spiro atoms. The molecule has 8 heteroatoms. The lowest BCUT2D eigenvalue weighted by Gasteiger charge is -2.26. The van der Waals surface area contributed by atoms with Gasteiger partial charge in [-0.2, -0.15) is 0 Å². The Balaban J connectivity index is 1.47. The van der Waals surface area contributed by atoms with E-state index in [0.29, 0.717) is 39.3 Å². The smallest absolute Gasteiger partial charge is 0.258 e. The van der Waals surface area contributed by atoms with E-state index in [0.717, 1.165) is 23.5 Å². The Kier molecular flexibility index (Phi) is 4.19. The molecule has 0 radical (unpaired) electrons. The molecule has 6 rings (SSSR count). The molecule has 2 aliphatic heterocycles. The van der Waals surface area contributed by atoms with Gasteiger partial charge in [0, 0.05) is 11.1 Å². The average molecular weight is 441 g/mol. The first-order valence-corrected chi connectivity index (χ1v) is 10.5. The Labute approximate surface area is 187 Å². The normalized spacial score (nSPS) is 17.2. The Morgan fingerprint density at radius 2 is 1.50 bits per heavy atom. The standard InChI is InChI=1S/C24H15N3O4S/c25-21-17-11-8-15(13-4-2-1-3-5-13)12-18(17)23(28)20-19(21)24(29)26-22(20)14-6-9-16(10-7-14)27-30-32-31-27/h1-12H,25H2,(H,26,29). The van der Waals surface area contributed by atoms with Gasteiger partial charge in [-0.15, -0.1) is 8.57 Å². The molecule has 7 nitrogen and oxygen atoms in total. The molecule has 1 amide bonds. The van der Waals surface area contributed by atoms with E-state index in [1.807, 2.05) is 42.5 Å². The molecule has 0 unspecified atom stereocenters. The van der Waals surface area contributed by atoms with Crippen LogP contribution in [0.15, 0.2) is 83.9 Å². The molecule has 0 saturated carbocycles. The van der Waals surface area contributed by atoms with Gasteiger partial charge in [-0.25, -0.2) is 0 Å². The maximum absolute atomic E-state index is 13.6. The monoisotopic (exact) mass is 441 g/mol. The fourth-order valence-electron chi connectivity index (χ4n) is 4.12. The number of nitrogens with two attached hydrogens (primary N) is 1. The van der Waals surface area contributed by atoms with Crippen molar-refractivity contribution in [3.63, 3.8) is 0 Å². The van der Waals surface area contributed by atoms with Crippen LogP contribution in [0.25, 0.3) is 22.5 Å². The summed E-state index contributed by atoms with van der Waals surface area (Å²) in [6, 6.07) is 22.5. The van der Waals surface area contributed by atoms with Gasteiger partial charge in [0.2, 0.25) is 12.3 Å². The molecule has 2 heterocycles. The number of benzene rings is 3. The summed E-state index contributed by atoms with van der Waals surface area (Å²) in [5, 5.41) is 4.09. The molecule has 3 aromatic rings. The summed E-state index contributed by atoms with van der Waals surface area (Å²) >= 11 is 0.873. The molecule has 1 aliphatic carbocycles. The summed E-state index contributed by atoms with van der Waals surface area (Å²) in [6.45, 7) is 0. The lowest BCUT2D eigenvalue weighted by atomic mass is 9.83. The van der Waals surface area contributed by atoms with Gasteiger partial charge in [-0.3, -0.25) is 9.59 Å². The van der Waals surface area contributed by atoms with E-state index in [4.69, 9.17) is 14.3 Å². The number of fused-ring (bicyclic) bond motifs is 2. The molecule has 3 aromatic carbocycles. The number of carbonyl (C=O) groups excluding carboxylic acids is 2. The summed E-state index contributed by atoms with van der Waals surface area (Å²) < 4.78 is 10.1. The molecule has 156 valence electrons. The largest absolute Gasteiger partial charge is 0.398 e. The molecule has 1 saturated heterocycles. The summed E-state index contributed by atoms with van der Waals surface area (Å²) in [5.74, 6) is -0.612. The van der Waals surface area contributed by atoms with E-state index in [2.05, 4.69) is 5.32 Å². The first-order chi connectivity index (χ1) is 15.6. The third-order valence-electron chi connectivity index (χ3n) is 5.69. The maximum Gasteiger partial charge on any atom is 0.258 e. The van der Waals surface area contributed by atoms with Gasteiger partial charge >= 0.3 is 0 Å². The first-order valence-electron chi connectivity index (χ1n) is 9.84. The number of hydrogen-bond acceptors (Lipinski definition) is 7. The predicted octanol–water partition coefficient (Wildman–Crippen LogP) is 4.01. The van der Waals surface area contributed by atoms with Crippen molar-refractivity contribution < 1.29 is 18.2 Å². The zero-order valence-corrected chi connectivity index (χ0v) is 17.3. The minimum absolute atomic E-state index is 0.222. The number of anilines is 1. The summed E-state index contributed by atoms with van der Waals surface area (Å²) in [4.78, 5) is 26.4. The SMILES string of the molecule is NC1=C2C(=O)NC(c3ccc(N4OSO4)cc3)=C2C(=O)c2cc(-c3ccccc3)ccc21. The van der Waals surface area contributed by atoms with Crippen molar-refractivity contribution in [1.82, 2.24) is 5.32 Å². The van der Waals surface area contributed by atoms with Crippen molar-refractivity contribution in [2.45, 2.75) is 0 Å².